The molecule has 0 aliphatic heterocycles. The summed E-state index contributed by atoms with van der Waals surface area (Å²) in [5, 5.41) is 8.77. The minimum Gasteiger partial charge on any atom is -0.307 e. The lowest BCUT2D eigenvalue weighted by Gasteiger charge is -2.02. The first-order chi connectivity index (χ1) is 7.56. The molecule has 16 heavy (non-hydrogen) atoms. The second kappa shape index (κ2) is 4.39. The van der Waals surface area contributed by atoms with Crippen molar-refractivity contribution < 1.29 is 4.79 Å². The summed E-state index contributed by atoms with van der Waals surface area (Å²) in [5.41, 5.74) is 1.53. The second-order valence-electron chi connectivity index (χ2n) is 3.39. The van der Waals surface area contributed by atoms with Crippen LogP contribution >= 0.6 is 27.3 Å². The largest absolute Gasteiger partial charge is 0.307 e. The van der Waals surface area contributed by atoms with Gasteiger partial charge in [0.2, 0.25) is 0 Å². The molecule has 4 nitrogen and oxygen atoms in total. The zero-order valence-corrected chi connectivity index (χ0v) is 11.2. The van der Waals surface area contributed by atoms with Gasteiger partial charge in [0.1, 0.15) is 5.82 Å². The number of hydrogen-bond acceptors (Lipinski definition) is 3. The summed E-state index contributed by atoms with van der Waals surface area (Å²) in [7, 11) is 1.80. The highest BCUT2D eigenvalue weighted by atomic mass is 79.9. The molecule has 0 fully saturated rings. The normalized spacial score (nSPS) is 10.4. The molecule has 0 unspecified atom stereocenters. The third-order valence-corrected chi connectivity index (χ3v) is 3.58. The van der Waals surface area contributed by atoms with Crippen molar-refractivity contribution in [1.82, 2.24) is 9.78 Å². The van der Waals surface area contributed by atoms with E-state index in [4.69, 9.17) is 0 Å². The van der Waals surface area contributed by atoms with E-state index in [1.807, 2.05) is 18.4 Å². The molecule has 0 atom stereocenters. The summed E-state index contributed by atoms with van der Waals surface area (Å²) < 4.78 is 2.59. The van der Waals surface area contributed by atoms with E-state index in [-0.39, 0.29) is 5.91 Å². The molecule has 0 saturated heterocycles. The van der Waals surface area contributed by atoms with Crippen molar-refractivity contribution in [1.29, 1.82) is 0 Å². The quantitative estimate of drug-likeness (QED) is 0.927. The lowest BCUT2D eigenvalue weighted by atomic mass is 10.3. The van der Waals surface area contributed by atoms with Crippen LogP contribution in [0.1, 0.15) is 16.1 Å². The average molecular weight is 300 g/mol. The zero-order valence-electron chi connectivity index (χ0n) is 8.82. The van der Waals surface area contributed by atoms with E-state index in [0.717, 1.165) is 9.48 Å². The lowest BCUT2D eigenvalue weighted by molar-refractivity contribution is 0.102. The second-order valence-corrected chi connectivity index (χ2v) is 5.68. The Bertz CT molecular complexity index is 532. The lowest BCUT2D eigenvalue weighted by Crippen LogP contribution is -2.13. The maximum atomic E-state index is 11.8. The molecule has 84 valence electrons. The molecule has 0 spiro atoms. The first kappa shape index (κ1) is 11.3. The SMILES string of the molecule is Cc1cc(NC(=O)c2csc(Br)c2)n(C)n1. The van der Waals surface area contributed by atoms with Crippen molar-refractivity contribution in [2.75, 3.05) is 5.32 Å². The summed E-state index contributed by atoms with van der Waals surface area (Å²) in [6.07, 6.45) is 0. The molecule has 0 radical (unpaired) electrons. The molecule has 0 aliphatic rings. The van der Waals surface area contributed by atoms with E-state index < -0.39 is 0 Å². The number of anilines is 1. The van der Waals surface area contributed by atoms with Gasteiger partial charge in [-0.05, 0) is 28.9 Å². The van der Waals surface area contributed by atoms with Gasteiger partial charge < -0.3 is 5.32 Å². The fourth-order valence-corrected chi connectivity index (χ4v) is 2.48. The number of rotatable bonds is 2. The van der Waals surface area contributed by atoms with Gasteiger partial charge in [0, 0.05) is 18.5 Å². The Morgan fingerprint density at radius 2 is 2.31 bits per heavy atom. The van der Waals surface area contributed by atoms with Crippen LogP contribution in [0.15, 0.2) is 21.3 Å². The van der Waals surface area contributed by atoms with E-state index in [1.54, 1.807) is 17.8 Å². The Morgan fingerprint density at radius 3 is 2.81 bits per heavy atom. The molecule has 1 N–H and O–H groups in total. The molecule has 1 amide bonds. The number of aromatic nitrogens is 2. The number of aryl methyl sites for hydroxylation is 2. The first-order valence-corrected chi connectivity index (χ1v) is 6.29. The predicted molar refractivity (Wildman–Crippen MR) is 67.9 cm³/mol. The molecule has 0 saturated carbocycles. The van der Waals surface area contributed by atoms with Gasteiger partial charge in [0.25, 0.3) is 5.91 Å². The minimum atomic E-state index is -0.120. The van der Waals surface area contributed by atoms with Crippen LogP contribution < -0.4 is 5.32 Å². The monoisotopic (exact) mass is 299 g/mol. The van der Waals surface area contributed by atoms with Crippen LogP contribution in [0.5, 0.6) is 0 Å². The van der Waals surface area contributed by atoms with Crippen LogP contribution in [0.25, 0.3) is 0 Å². The van der Waals surface area contributed by atoms with E-state index in [1.165, 1.54) is 11.3 Å². The number of nitrogens with one attached hydrogen (secondary N) is 1. The standard InChI is InChI=1S/C10H10BrN3OS/c1-6-3-9(14(2)13-6)12-10(15)7-4-8(11)16-5-7/h3-5H,1-2H3,(H,12,15). The summed E-state index contributed by atoms with van der Waals surface area (Å²) in [5.74, 6) is 0.578. The van der Waals surface area contributed by atoms with Crippen molar-refractivity contribution in [2.45, 2.75) is 6.92 Å². The summed E-state index contributed by atoms with van der Waals surface area (Å²) in [6, 6.07) is 3.63. The number of carbonyl (C=O) groups is 1. The van der Waals surface area contributed by atoms with Crippen LogP contribution in [-0.2, 0) is 7.05 Å². The zero-order chi connectivity index (χ0) is 11.7. The molecule has 6 heteroatoms. The topological polar surface area (TPSA) is 46.9 Å². The summed E-state index contributed by atoms with van der Waals surface area (Å²) in [4.78, 5) is 11.8. The highest BCUT2D eigenvalue weighted by molar-refractivity contribution is 9.11. The smallest absolute Gasteiger partial charge is 0.257 e. The van der Waals surface area contributed by atoms with Gasteiger partial charge in [-0.25, -0.2) is 0 Å². The summed E-state index contributed by atoms with van der Waals surface area (Å²) in [6.45, 7) is 1.89. The van der Waals surface area contributed by atoms with Crippen LogP contribution in [0.3, 0.4) is 0 Å². The molecule has 0 aliphatic carbocycles. The Labute approximate surface area is 105 Å². The number of halogens is 1. The third-order valence-electron chi connectivity index (χ3n) is 2.07. The third kappa shape index (κ3) is 2.33. The molecular weight excluding hydrogens is 290 g/mol. The highest BCUT2D eigenvalue weighted by Crippen LogP contribution is 2.21. The number of carbonyl (C=O) groups excluding carboxylic acids is 1. The maximum absolute atomic E-state index is 11.8. The number of thiophene rings is 1. The molecule has 2 aromatic heterocycles. The van der Waals surface area contributed by atoms with E-state index >= 15 is 0 Å². The molecule has 2 rings (SSSR count). The van der Waals surface area contributed by atoms with Gasteiger partial charge in [-0.2, -0.15) is 5.10 Å². The Kier molecular flexibility index (Phi) is 3.11. The Hall–Kier alpha value is -1.14. The van der Waals surface area contributed by atoms with Crippen LogP contribution in [0.4, 0.5) is 5.82 Å². The van der Waals surface area contributed by atoms with Crippen LogP contribution in [0, 0.1) is 6.92 Å². The van der Waals surface area contributed by atoms with Gasteiger partial charge in [-0.15, -0.1) is 11.3 Å². The Morgan fingerprint density at radius 1 is 1.56 bits per heavy atom. The van der Waals surface area contributed by atoms with E-state index in [2.05, 4.69) is 26.3 Å². The van der Waals surface area contributed by atoms with E-state index in [0.29, 0.717) is 11.4 Å². The molecular formula is C10H10BrN3OS. The average Bonchev–Trinajstić information content (AvgIpc) is 2.74. The van der Waals surface area contributed by atoms with Gasteiger partial charge in [-0.3, -0.25) is 9.48 Å². The van der Waals surface area contributed by atoms with Crippen LogP contribution in [0.2, 0.25) is 0 Å². The fraction of sp³-hybridized carbons (Fsp3) is 0.200. The fourth-order valence-electron chi connectivity index (χ4n) is 1.35. The summed E-state index contributed by atoms with van der Waals surface area (Å²) >= 11 is 4.81. The Balaban J connectivity index is 2.16. The first-order valence-electron chi connectivity index (χ1n) is 4.62. The van der Waals surface area contributed by atoms with Crippen molar-refractivity contribution in [3.05, 3.63) is 32.6 Å². The molecule has 2 heterocycles. The number of nitrogens with zero attached hydrogens (tertiary/aromatic N) is 2. The maximum Gasteiger partial charge on any atom is 0.257 e. The molecule has 0 bridgehead atoms. The van der Waals surface area contributed by atoms with Crippen LogP contribution in [-0.4, -0.2) is 15.7 Å². The minimum absolute atomic E-state index is 0.120. The number of amides is 1. The van der Waals surface area contributed by atoms with Gasteiger partial charge in [0.15, 0.2) is 0 Å². The van der Waals surface area contributed by atoms with Gasteiger partial charge >= 0.3 is 0 Å². The van der Waals surface area contributed by atoms with E-state index in [9.17, 15) is 4.79 Å². The highest BCUT2D eigenvalue weighted by Gasteiger charge is 2.10. The van der Waals surface area contributed by atoms with Crippen molar-refractivity contribution in [3.63, 3.8) is 0 Å². The number of hydrogen-bond donors (Lipinski definition) is 1. The van der Waals surface area contributed by atoms with Gasteiger partial charge in [0.05, 0.1) is 15.0 Å². The van der Waals surface area contributed by atoms with Crippen molar-refractivity contribution >= 4 is 39.0 Å². The predicted octanol–water partition coefficient (Wildman–Crippen LogP) is 2.80. The van der Waals surface area contributed by atoms with Crippen molar-refractivity contribution in [3.8, 4) is 0 Å². The van der Waals surface area contributed by atoms with Gasteiger partial charge in [-0.1, -0.05) is 0 Å². The molecule has 0 aromatic carbocycles. The van der Waals surface area contributed by atoms with Crippen molar-refractivity contribution in [2.24, 2.45) is 7.05 Å². The molecule has 2 aromatic rings.